The van der Waals surface area contributed by atoms with Crippen molar-refractivity contribution in [3.63, 3.8) is 0 Å². The second-order valence-corrected chi connectivity index (χ2v) is 5.69. The van der Waals surface area contributed by atoms with Crippen LogP contribution in [0.25, 0.3) is 0 Å². The van der Waals surface area contributed by atoms with Gasteiger partial charge in [0.15, 0.2) is 0 Å². The molecule has 0 saturated heterocycles. The van der Waals surface area contributed by atoms with Crippen LogP contribution in [-0.4, -0.2) is 7.11 Å². The van der Waals surface area contributed by atoms with E-state index < -0.39 is 11.6 Å². The van der Waals surface area contributed by atoms with Gasteiger partial charge in [-0.2, -0.15) is 0 Å². The van der Waals surface area contributed by atoms with Gasteiger partial charge in [-0.25, -0.2) is 8.78 Å². The first-order chi connectivity index (χ1) is 9.92. The maximum atomic E-state index is 14.0. The van der Waals surface area contributed by atoms with Crippen LogP contribution in [0.1, 0.15) is 24.1 Å². The topological polar surface area (TPSA) is 21.3 Å². The molecule has 0 saturated carbocycles. The fraction of sp³-hybridized carbons (Fsp3) is 0.250. The van der Waals surface area contributed by atoms with Gasteiger partial charge in [-0.05, 0) is 59.6 Å². The highest BCUT2D eigenvalue weighted by Gasteiger charge is 2.14. The average Bonchev–Trinajstić information content (AvgIpc) is 2.44. The SMILES string of the molecule is COc1cc(NC(C)c2cc(F)c(C)cc2F)ccc1Br. The van der Waals surface area contributed by atoms with Gasteiger partial charge in [-0.15, -0.1) is 0 Å². The monoisotopic (exact) mass is 355 g/mol. The molecule has 0 bridgehead atoms. The van der Waals surface area contributed by atoms with Crippen LogP contribution in [0.4, 0.5) is 14.5 Å². The lowest BCUT2D eigenvalue weighted by Crippen LogP contribution is -2.09. The number of halogens is 3. The molecular formula is C16H16BrF2NO. The number of aryl methyl sites for hydroxylation is 1. The highest BCUT2D eigenvalue weighted by atomic mass is 79.9. The molecule has 1 unspecified atom stereocenters. The van der Waals surface area contributed by atoms with Gasteiger partial charge in [-0.3, -0.25) is 0 Å². The van der Waals surface area contributed by atoms with Gasteiger partial charge in [0.25, 0.3) is 0 Å². The van der Waals surface area contributed by atoms with Crippen LogP contribution in [0, 0.1) is 18.6 Å². The zero-order chi connectivity index (χ0) is 15.6. The smallest absolute Gasteiger partial charge is 0.135 e. The summed E-state index contributed by atoms with van der Waals surface area (Å²) in [5, 5.41) is 3.14. The molecule has 0 aliphatic carbocycles. The van der Waals surface area contributed by atoms with Crippen molar-refractivity contribution in [2.45, 2.75) is 19.9 Å². The van der Waals surface area contributed by atoms with E-state index in [-0.39, 0.29) is 6.04 Å². The Morgan fingerprint density at radius 3 is 2.52 bits per heavy atom. The number of ether oxygens (including phenoxy) is 1. The van der Waals surface area contributed by atoms with Gasteiger partial charge in [0.1, 0.15) is 17.4 Å². The summed E-state index contributed by atoms with van der Waals surface area (Å²) in [6.45, 7) is 3.32. The largest absolute Gasteiger partial charge is 0.495 e. The summed E-state index contributed by atoms with van der Waals surface area (Å²) < 4.78 is 33.6. The molecule has 0 spiro atoms. The summed E-state index contributed by atoms with van der Waals surface area (Å²) in [4.78, 5) is 0. The van der Waals surface area contributed by atoms with Crippen LogP contribution >= 0.6 is 15.9 Å². The fourth-order valence-corrected chi connectivity index (χ4v) is 2.48. The van der Waals surface area contributed by atoms with Crippen molar-refractivity contribution in [2.24, 2.45) is 0 Å². The first kappa shape index (κ1) is 15.8. The molecule has 5 heteroatoms. The summed E-state index contributed by atoms with van der Waals surface area (Å²) in [5.74, 6) is -0.158. The molecule has 2 aromatic carbocycles. The minimum absolute atomic E-state index is 0.292. The van der Waals surface area contributed by atoms with Gasteiger partial charge in [0.05, 0.1) is 17.6 Å². The van der Waals surface area contributed by atoms with Crippen molar-refractivity contribution in [3.8, 4) is 5.75 Å². The number of benzene rings is 2. The van der Waals surface area contributed by atoms with Crippen molar-refractivity contribution < 1.29 is 13.5 Å². The van der Waals surface area contributed by atoms with Crippen LogP contribution in [0.3, 0.4) is 0 Å². The Balaban J connectivity index is 2.25. The lowest BCUT2D eigenvalue weighted by Gasteiger charge is -2.18. The van der Waals surface area contributed by atoms with E-state index in [1.165, 1.54) is 12.1 Å². The number of anilines is 1. The van der Waals surface area contributed by atoms with Crippen LogP contribution in [-0.2, 0) is 0 Å². The van der Waals surface area contributed by atoms with E-state index in [1.54, 1.807) is 27.0 Å². The third kappa shape index (κ3) is 3.53. The maximum Gasteiger partial charge on any atom is 0.135 e. The van der Waals surface area contributed by atoms with Gasteiger partial charge < -0.3 is 10.1 Å². The van der Waals surface area contributed by atoms with E-state index in [0.29, 0.717) is 16.9 Å². The Kier molecular flexibility index (Phi) is 4.83. The van der Waals surface area contributed by atoms with Crippen LogP contribution in [0.15, 0.2) is 34.8 Å². The molecule has 2 nitrogen and oxygen atoms in total. The highest BCUT2D eigenvalue weighted by Crippen LogP contribution is 2.30. The van der Waals surface area contributed by atoms with E-state index in [4.69, 9.17) is 4.74 Å². The molecule has 112 valence electrons. The molecule has 0 heterocycles. The molecule has 21 heavy (non-hydrogen) atoms. The lowest BCUT2D eigenvalue weighted by molar-refractivity contribution is 0.412. The Morgan fingerprint density at radius 1 is 1.14 bits per heavy atom. The van der Waals surface area contributed by atoms with Crippen molar-refractivity contribution in [2.75, 3.05) is 12.4 Å². The first-order valence-corrected chi connectivity index (χ1v) is 7.27. The fourth-order valence-electron chi connectivity index (χ4n) is 2.07. The average molecular weight is 356 g/mol. The summed E-state index contributed by atoms with van der Waals surface area (Å²) in [7, 11) is 1.57. The number of hydrogen-bond acceptors (Lipinski definition) is 2. The first-order valence-electron chi connectivity index (χ1n) is 6.48. The van der Waals surface area contributed by atoms with E-state index in [2.05, 4.69) is 21.2 Å². The normalized spacial score (nSPS) is 12.1. The molecule has 0 aromatic heterocycles. The molecule has 2 rings (SSSR count). The summed E-state index contributed by atoms with van der Waals surface area (Å²) in [6, 6.07) is 7.55. The minimum Gasteiger partial charge on any atom is -0.495 e. The predicted molar refractivity (Wildman–Crippen MR) is 83.8 cm³/mol. The number of methoxy groups -OCH3 is 1. The van der Waals surface area contributed by atoms with Crippen molar-refractivity contribution in [1.82, 2.24) is 0 Å². The van der Waals surface area contributed by atoms with Crippen molar-refractivity contribution in [3.05, 3.63) is 57.6 Å². The predicted octanol–water partition coefficient (Wildman–Crippen LogP) is 5.22. The Hall–Kier alpha value is -1.62. The molecule has 2 aromatic rings. The Morgan fingerprint density at radius 2 is 1.86 bits per heavy atom. The number of rotatable bonds is 4. The van der Waals surface area contributed by atoms with Gasteiger partial charge in [0, 0.05) is 17.3 Å². The minimum atomic E-state index is -0.419. The second kappa shape index (κ2) is 6.43. The second-order valence-electron chi connectivity index (χ2n) is 4.84. The third-order valence-corrected chi connectivity index (χ3v) is 3.93. The number of hydrogen-bond donors (Lipinski definition) is 1. The van der Waals surface area contributed by atoms with Crippen LogP contribution in [0.5, 0.6) is 5.75 Å². The van der Waals surface area contributed by atoms with E-state index in [9.17, 15) is 8.78 Å². The molecule has 0 radical (unpaired) electrons. The van der Waals surface area contributed by atoms with Crippen LogP contribution < -0.4 is 10.1 Å². The summed E-state index contributed by atoms with van der Waals surface area (Å²) in [5.41, 5.74) is 1.36. The summed E-state index contributed by atoms with van der Waals surface area (Å²) >= 11 is 3.37. The molecule has 1 N–H and O–H groups in total. The van der Waals surface area contributed by atoms with Gasteiger partial charge in [-0.1, -0.05) is 0 Å². The molecule has 1 atom stereocenters. The van der Waals surface area contributed by atoms with Crippen LogP contribution in [0.2, 0.25) is 0 Å². The number of nitrogens with one attached hydrogen (secondary N) is 1. The zero-order valence-corrected chi connectivity index (χ0v) is 13.6. The van der Waals surface area contributed by atoms with Crippen molar-refractivity contribution >= 4 is 21.6 Å². The van der Waals surface area contributed by atoms with E-state index in [1.807, 2.05) is 12.1 Å². The van der Waals surface area contributed by atoms with E-state index in [0.717, 1.165) is 10.2 Å². The third-order valence-electron chi connectivity index (χ3n) is 3.28. The summed E-state index contributed by atoms with van der Waals surface area (Å²) in [6.07, 6.45) is 0. The van der Waals surface area contributed by atoms with Gasteiger partial charge >= 0.3 is 0 Å². The molecular weight excluding hydrogens is 340 g/mol. The zero-order valence-electron chi connectivity index (χ0n) is 12.0. The maximum absolute atomic E-state index is 14.0. The molecule has 0 fully saturated rings. The molecule has 0 amide bonds. The molecule has 0 aliphatic rings. The Labute approximate surface area is 131 Å². The van der Waals surface area contributed by atoms with Gasteiger partial charge in [0.2, 0.25) is 0 Å². The quantitative estimate of drug-likeness (QED) is 0.811. The van der Waals surface area contributed by atoms with Crippen molar-refractivity contribution in [1.29, 1.82) is 0 Å². The Bertz CT molecular complexity index is 661. The standard InChI is InChI=1S/C16H16BrF2NO/c1-9-6-15(19)12(8-14(9)18)10(2)20-11-4-5-13(17)16(7-11)21-3/h4-8,10,20H,1-3H3. The molecule has 0 aliphatic heterocycles. The van der Waals surface area contributed by atoms with E-state index >= 15 is 0 Å². The lowest BCUT2D eigenvalue weighted by atomic mass is 10.0. The highest BCUT2D eigenvalue weighted by molar-refractivity contribution is 9.10.